The molecule has 0 aliphatic carbocycles. The van der Waals surface area contributed by atoms with Crippen molar-refractivity contribution >= 4 is 5.91 Å². The molecule has 0 aromatic heterocycles. The minimum atomic E-state index is -0.110. The fraction of sp³-hybridized carbons (Fsp3) is 0.350. The van der Waals surface area contributed by atoms with Crippen LogP contribution < -0.4 is 14.8 Å². The topological polar surface area (TPSA) is 47.6 Å². The molecule has 0 spiro atoms. The lowest BCUT2D eigenvalue weighted by Crippen LogP contribution is -2.22. The second-order valence-corrected chi connectivity index (χ2v) is 6.19. The molecule has 0 bridgehead atoms. The Balaban J connectivity index is 1.93. The zero-order valence-electron chi connectivity index (χ0n) is 14.7. The van der Waals surface area contributed by atoms with Gasteiger partial charge in [0.2, 0.25) is 0 Å². The van der Waals surface area contributed by atoms with E-state index in [2.05, 4.69) is 5.32 Å². The fourth-order valence-corrected chi connectivity index (χ4v) is 2.24. The first kappa shape index (κ1) is 17.9. The van der Waals surface area contributed by atoms with Gasteiger partial charge in [0.1, 0.15) is 11.5 Å². The van der Waals surface area contributed by atoms with Crippen LogP contribution in [0.2, 0.25) is 0 Å². The van der Waals surface area contributed by atoms with Crippen LogP contribution in [0.25, 0.3) is 0 Å². The molecule has 4 heteroatoms. The van der Waals surface area contributed by atoms with Gasteiger partial charge in [-0.05, 0) is 69.7 Å². The van der Waals surface area contributed by atoms with Gasteiger partial charge < -0.3 is 14.8 Å². The van der Waals surface area contributed by atoms with E-state index in [0.29, 0.717) is 12.1 Å². The lowest BCUT2D eigenvalue weighted by atomic mass is 10.2. The Labute approximate surface area is 143 Å². The van der Waals surface area contributed by atoms with Gasteiger partial charge in [-0.2, -0.15) is 0 Å². The number of hydrogen-bond acceptors (Lipinski definition) is 3. The van der Waals surface area contributed by atoms with Crippen LogP contribution in [-0.2, 0) is 6.54 Å². The van der Waals surface area contributed by atoms with E-state index < -0.39 is 0 Å². The van der Waals surface area contributed by atoms with Gasteiger partial charge in [0, 0.05) is 12.1 Å². The van der Waals surface area contributed by atoms with Gasteiger partial charge in [-0.25, -0.2) is 0 Å². The normalized spacial score (nSPS) is 10.8. The molecule has 1 N–H and O–H groups in total. The molecule has 0 aliphatic rings. The molecule has 0 atom stereocenters. The Morgan fingerprint density at radius 3 is 2.17 bits per heavy atom. The van der Waals surface area contributed by atoms with Gasteiger partial charge in [-0.3, -0.25) is 4.79 Å². The minimum Gasteiger partial charge on any atom is -0.491 e. The van der Waals surface area contributed by atoms with Crippen LogP contribution >= 0.6 is 0 Å². The van der Waals surface area contributed by atoms with Crippen molar-refractivity contribution in [3.8, 4) is 11.5 Å². The summed E-state index contributed by atoms with van der Waals surface area (Å²) in [5.74, 6) is 1.47. The molecule has 0 aliphatic heterocycles. The average Bonchev–Trinajstić information content (AvgIpc) is 2.52. The molecule has 0 saturated carbocycles. The van der Waals surface area contributed by atoms with Crippen molar-refractivity contribution in [1.29, 1.82) is 0 Å². The van der Waals surface area contributed by atoms with Crippen molar-refractivity contribution in [2.45, 2.75) is 46.4 Å². The molecule has 2 aromatic rings. The predicted octanol–water partition coefficient (Wildman–Crippen LogP) is 4.19. The smallest absolute Gasteiger partial charge is 0.251 e. The Hall–Kier alpha value is -2.49. The fourth-order valence-electron chi connectivity index (χ4n) is 2.24. The van der Waals surface area contributed by atoms with Crippen molar-refractivity contribution in [2.75, 3.05) is 0 Å². The largest absolute Gasteiger partial charge is 0.491 e. The molecule has 0 heterocycles. The lowest BCUT2D eigenvalue weighted by Gasteiger charge is -2.12. The molecule has 0 radical (unpaired) electrons. The summed E-state index contributed by atoms with van der Waals surface area (Å²) in [6, 6.07) is 14.9. The quantitative estimate of drug-likeness (QED) is 0.829. The molecular weight excluding hydrogens is 302 g/mol. The average molecular weight is 327 g/mol. The van der Waals surface area contributed by atoms with E-state index in [4.69, 9.17) is 9.47 Å². The number of carbonyl (C=O) groups is 1. The highest BCUT2D eigenvalue weighted by Crippen LogP contribution is 2.16. The summed E-state index contributed by atoms with van der Waals surface area (Å²) in [5, 5.41) is 2.92. The second kappa shape index (κ2) is 8.39. The predicted molar refractivity (Wildman–Crippen MR) is 95.6 cm³/mol. The lowest BCUT2D eigenvalue weighted by molar-refractivity contribution is 0.0950. The third-order valence-corrected chi connectivity index (χ3v) is 3.21. The van der Waals surface area contributed by atoms with Crippen LogP contribution in [0.1, 0.15) is 43.6 Å². The Morgan fingerprint density at radius 2 is 1.54 bits per heavy atom. The summed E-state index contributed by atoms with van der Waals surface area (Å²) in [6.45, 7) is 8.37. The number of benzene rings is 2. The molecule has 1 amide bonds. The zero-order valence-corrected chi connectivity index (χ0v) is 14.7. The first-order valence-corrected chi connectivity index (χ1v) is 8.24. The Kier molecular flexibility index (Phi) is 6.24. The monoisotopic (exact) mass is 327 g/mol. The minimum absolute atomic E-state index is 0.110. The van der Waals surface area contributed by atoms with Gasteiger partial charge in [-0.1, -0.05) is 12.1 Å². The highest BCUT2D eigenvalue weighted by molar-refractivity contribution is 5.94. The number of carbonyl (C=O) groups excluding carboxylic acids is 1. The number of nitrogens with one attached hydrogen (secondary N) is 1. The summed E-state index contributed by atoms with van der Waals surface area (Å²) in [6.07, 6.45) is 0.242. The third kappa shape index (κ3) is 5.61. The summed E-state index contributed by atoms with van der Waals surface area (Å²) in [5.41, 5.74) is 1.61. The maximum atomic E-state index is 12.2. The van der Waals surface area contributed by atoms with Crippen molar-refractivity contribution in [3.63, 3.8) is 0 Å². The Bertz CT molecular complexity index is 663. The van der Waals surface area contributed by atoms with Gasteiger partial charge in [-0.15, -0.1) is 0 Å². The van der Waals surface area contributed by atoms with Crippen molar-refractivity contribution in [3.05, 3.63) is 59.7 Å². The Morgan fingerprint density at radius 1 is 0.917 bits per heavy atom. The first-order chi connectivity index (χ1) is 11.4. The summed E-state index contributed by atoms with van der Waals surface area (Å²) < 4.78 is 11.2. The number of ether oxygens (including phenoxy) is 2. The third-order valence-electron chi connectivity index (χ3n) is 3.21. The van der Waals surface area contributed by atoms with Gasteiger partial charge in [0.15, 0.2) is 0 Å². The van der Waals surface area contributed by atoms with E-state index in [0.717, 1.165) is 17.1 Å². The molecule has 24 heavy (non-hydrogen) atoms. The maximum absolute atomic E-state index is 12.2. The molecule has 2 rings (SSSR count). The molecule has 2 aromatic carbocycles. The highest BCUT2D eigenvalue weighted by Gasteiger charge is 2.07. The highest BCUT2D eigenvalue weighted by atomic mass is 16.5. The van der Waals surface area contributed by atoms with Crippen molar-refractivity contribution in [2.24, 2.45) is 0 Å². The summed E-state index contributed by atoms with van der Waals surface area (Å²) in [7, 11) is 0. The number of amides is 1. The molecular formula is C20H25NO3. The maximum Gasteiger partial charge on any atom is 0.251 e. The summed E-state index contributed by atoms with van der Waals surface area (Å²) >= 11 is 0. The summed E-state index contributed by atoms with van der Waals surface area (Å²) in [4.78, 5) is 12.2. The molecule has 0 saturated heterocycles. The van der Waals surface area contributed by atoms with Crippen LogP contribution in [0.4, 0.5) is 0 Å². The van der Waals surface area contributed by atoms with Crippen molar-refractivity contribution < 1.29 is 14.3 Å². The second-order valence-electron chi connectivity index (χ2n) is 6.19. The van der Waals surface area contributed by atoms with Crippen LogP contribution in [0.15, 0.2) is 48.5 Å². The van der Waals surface area contributed by atoms with Gasteiger partial charge in [0.25, 0.3) is 5.91 Å². The van der Waals surface area contributed by atoms with Crippen LogP contribution in [0.3, 0.4) is 0 Å². The van der Waals surface area contributed by atoms with Gasteiger partial charge >= 0.3 is 0 Å². The van der Waals surface area contributed by atoms with E-state index in [-0.39, 0.29) is 18.1 Å². The zero-order chi connectivity index (χ0) is 17.5. The number of hydrogen-bond donors (Lipinski definition) is 1. The number of rotatable bonds is 7. The van der Waals surface area contributed by atoms with E-state index in [1.54, 1.807) is 12.1 Å². The van der Waals surface area contributed by atoms with E-state index in [1.165, 1.54) is 0 Å². The molecule has 0 unspecified atom stereocenters. The van der Waals surface area contributed by atoms with E-state index >= 15 is 0 Å². The van der Waals surface area contributed by atoms with E-state index in [1.807, 2.05) is 64.1 Å². The van der Waals surface area contributed by atoms with Crippen molar-refractivity contribution in [1.82, 2.24) is 5.32 Å². The van der Waals surface area contributed by atoms with E-state index in [9.17, 15) is 4.79 Å². The SMILES string of the molecule is CC(C)Oc1ccc(C(=O)NCc2cccc(OC(C)C)c2)cc1. The van der Waals surface area contributed by atoms with Gasteiger partial charge in [0.05, 0.1) is 12.2 Å². The van der Waals surface area contributed by atoms with Crippen LogP contribution in [0, 0.1) is 0 Å². The first-order valence-electron chi connectivity index (χ1n) is 8.24. The van der Waals surface area contributed by atoms with Crippen LogP contribution in [0.5, 0.6) is 11.5 Å². The standard InChI is InChI=1S/C20H25NO3/c1-14(2)23-18-10-8-17(9-11-18)20(22)21-13-16-6-5-7-19(12-16)24-15(3)4/h5-12,14-15H,13H2,1-4H3,(H,21,22). The molecule has 128 valence electrons. The molecule has 4 nitrogen and oxygen atoms in total. The molecule has 0 fully saturated rings. The van der Waals surface area contributed by atoms with Crippen LogP contribution in [-0.4, -0.2) is 18.1 Å².